The normalized spacial score (nSPS) is 32.7. The molecular formula is C13H24IN3S. The Labute approximate surface area is 131 Å². The van der Waals surface area contributed by atoms with Gasteiger partial charge in [0, 0.05) is 31.1 Å². The van der Waals surface area contributed by atoms with Crippen LogP contribution in [-0.2, 0) is 0 Å². The van der Waals surface area contributed by atoms with Gasteiger partial charge in [-0.2, -0.15) is 11.8 Å². The minimum atomic E-state index is 0. The SMILES string of the molecule is I.NC(=NC[C@@H]1C[C@H]1C1CCC1)N1CCSCC1. The molecule has 0 amide bonds. The fourth-order valence-electron chi connectivity index (χ4n) is 3.03. The molecule has 1 aliphatic heterocycles. The zero-order valence-electron chi connectivity index (χ0n) is 10.9. The van der Waals surface area contributed by atoms with E-state index in [1.165, 1.54) is 37.2 Å². The van der Waals surface area contributed by atoms with Gasteiger partial charge in [0.15, 0.2) is 5.96 Å². The van der Waals surface area contributed by atoms with Crippen LogP contribution >= 0.6 is 35.7 Å². The van der Waals surface area contributed by atoms with E-state index in [1.54, 1.807) is 0 Å². The van der Waals surface area contributed by atoms with E-state index in [9.17, 15) is 0 Å². The second-order valence-electron chi connectivity index (χ2n) is 5.65. The van der Waals surface area contributed by atoms with Gasteiger partial charge in [-0.15, -0.1) is 24.0 Å². The molecule has 0 aromatic heterocycles. The van der Waals surface area contributed by atoms with Crippen LogP contribution in [0.4, 0.5) is 0 Å². The van der Waals surface area contributed by atoms with E-state index in [1.807, 2.05) is 11.8 Å². The van der Waals surface area contributed by atoms with E-state index in [4.69, 9.17) is 5.73 Å². The van der Waals surface area contributed by atoms with Crippen LogP contribution in [0.3, 0.4) is 0 Å². The Balaban J connectivity index is 0.00000120. The van der Waals surface area contributed by atoms with Crippen molar-refractivity contribution in [2.75, 3.05) is 31.1 Å². The van der Waals surface area contributed by atoms with Crippen LogP contribution < -0.4 is 5.73 Å². The Morgan fingerprint density at radius 3 is 2.61 bits per heavy atom. The van der Waals surface area contributed by atoms with Crippen LogP contribution in [0.2, 0.25) is 0 Å². The van der Waals surface area contributed by atoms with Gasteiger partial charge >= 0.3 is 0 Å². The Morgan fingerprint density at radius 1 is 1.28 bits per heavy atom. The van der Waals surface area contributed by atoms with Crippen LogP contribution in [0.25, 0.3) is 0 Å². The molecule has 18 heavy (non-hydrogen) atoms. The van der Waals surface area contributed by atoms with Crippen molar-refractivity contribution < 1.29 is 0 Å². The minimum Gasteiger partial charge on any atom is -0.370 e. The number of halogens is 1. The monoisotopic (exact) mass is 381 g/mol. The van der Waals surface area contributed by atoms with Crippen molar-refractivity contribution in [2.24, 2.45) is 28.5 Å². The van der Waals surface area contributed by atoms with Gasteiger partial charge in [-0.05, 0) is 24.2 Å². The molecule has 2 atom stereocenters. The van der Waals surface area contributed by atoms with E-state index in [0.717, 1.165) is 43.3 Å². The molecular weight excluding hydrogens is 357 g/mol. The molecule has 5 heteroatoms. The molecule has 104 valence electrons. The Kier molecular flexibility index (Phi) is 5.47. The quantitative estimate of drug-likeness (QED) is 0.464. The van der Waals surface area contributed by atoms with Gasteiger partial charge < -0.3 is 10.6 Å². The molecule has 2 aliphatic carbocycles. The van der Waals surface area contributed by atoms with Gasteiger partial charge in [0.05, 0.1) is 0 Å². The van der Waals surface area contributed by atoms with E-state index in [2.05, 4.69) is 9.89 Å². The number of aliphatic imine (C=N–C) groups is 1. The van der Waals surface area contributed by atoms with E-state index in [-0.39, 0.29) is 24.0 Å². The summed E-state index contributed by atoms with van der Waals surface area (Å²) >= 11 is 2.02. The molecule has 2 saturated carbocycles. The molecule has 1 heterocycles. The third-order valence-corrected chi connectivity index (χ3v) is 5.50. The number of thioether (sulfide) groups is 1. The van der Waals surface area contributed by atoms with Crippen molar-refractivity contribution in [3.63, 3.8) is 0 Å². The third kappa shape index (κ3) is 3.46. The zero-order valence-corrected chi connectivity index (χ0v) is 14.0. The second-order valence-corrected chi connectivity index (χ2v) is 6.87. The zero-order chi connectivity index (χ0) is 11.7. The summed E-state index contributed by atoms with van der Waals surface area (Å²) < 4.78 is 0. The lowest BCUT2D eigenvalue weighted by Gasteiger charge is -2.27. The minimum absolute atomic E-state index is 0. The maximum atomic E-state index is 6.06. The summed E-state index contributed by atoms with van der Waals surface area (Å²) in [5, 5.41) is 0. The smallest absolute Gasteiger partial charge is 0.191 e. The molecule has 0 unspecified atom stereocenters. The molecule has 3 nitrogen and oxygen atoms in total. The van der Waals surface area contributed by atoms with Crippen molar-refractivity contribution in [3.8, 4) is 0 Å². The van der Waals surface area contributed by atoms with Gasteiger partial charge in [-0.1, -0.05) is 19.3 Å². The first kappa shape index (κ1) is 14.8. The van der Waals surface area contributed by atoms with Crippen LogP contribution in [0.15, 0.2) is 4.99 Å². The van der Waals surface area contributed by atoms with Crippen molar-refractivity contribution in [1.29, 1.82) is 0 Å². The van der Waals surface area contributed by atoms with Gasteiger partial charge in [-0.25, -0.2) is 0 Å². The first-order chi connectivity index (χ1) is 8.34. The van der Waals surface area contributed by atoms with Crippen LogP contribution in [0.1, 0.15) is 25.7 Å². The number of rotatable bonds is 3. The fourth-order valence-corrected chi connectivity index (χ4v) is 3.93. The number of nitrogens with two attached hydrogens (primary N) is 1. The fraction of sp³-hybridized carbons (Fsp3) is 0.923. The van der Waals surface area contributed by atoms with Crippen LogP contribution in [-0.4, -0.2) is 42.0 Å². The van der Waals surface area contributed by atoms with E-state index < -0.39 is 0 Å². The molecule has 0 radical (unpaired) electrons. The average molecular weight is 381 g/mol. The summed E-state index contributed by atoms with van der Waals surface area (Å²) in [6.45, 7) is 3.14. The predicted octanol–water partition coefficient (Wildman–Crippen LogP) is 2.40. The summed E-state index contributed by atoms with van der Waals surface area (Å²) in [6.07, 6.45) is 5.83. The average Bonchev–Trinajstić information content (AvgIpc) is 3.04. The number of guanidine groups is 1. The first-order valence-corrected chi connectivity index (χ1v) is 8.12. The molecule has 0 bridgehead atoms. The lowest BCUT2D eigenvalue weighted by atomic mass is 9.81. The lowest BCUT2D eigenvalue weighted by Crippen LogP contribution is -2.42. The van der Waals surface area contributed by atoms with Crippen molar-refractivity contribution in [2.45, 2.75) is 25.7 Å². The number of nitrogens with zero attached hydrogens (tertiary/aromatic N) is 2. The molecule has 3 rings (SSSR count). The van der Waals surface area contributed by atoms with Crippen molar-refractivity contribution in [3.05, 3.63) is 0 Å². The second kappa shape index (κ2) is 6.68. The van der Waals surface area contributed by atoms with Gasteiger partial charge in [0.2, 0.25) is 0 Å². The Morgan fingerprint density at radius 2 is 2.00 bits per heavy atom. The number of hydrogen-bond donors (Lipinski definition) is 1. The lowest BCUT2D eigenvalue weighted by molar-refractivity contribution is 0.266. The topological polar surface area (TPSA) is 41.6 Å². The van der Waals surface area contributed by atoms with Gasteiger partial charge in [-0.3, -0.25) is 4.99 Å². The van der Waals surface area contributed by atoms with Crippen LogP contribution in [0.5, 0.6) is 0 Å². The van der Waals surface area contributed by atoms with Crippen LogP contribution in [0, 0.1) is 17.8 Å². The third-order valence-electron chi connectivity index (χ3n) is 4.56. The molecule has 3 aliphatic rings. The summed E-state index contributed by atoms with van der Waals surface area (Å²) in [7, 11) is 0. The van der Waals surface area contributed by atoms with Gasteiger partial charge in [0.1, 0.15) is 0 Å². The summed E-state index contributed by atoms with van der Waals surface area (Å²) in [5.74, 6) is 6.09. The Bertz CT molecular complexity index is 301. The van der Waals surface area contributed by atoms with Crippen molar-refractivity contribution >= 4 is 41.7 Å². The molecule has 1 saturated heterocycles. The summed E-state index contributed by atoms with van der Waals surface area (Å²) in [5.41, 5.74) is 6.06. The highest BCUT2D eigenvalue weighted by Crippen LogP contribution is 2.51. The highest BCUT2D eigenvalue weighted by Gasteiger charge is 2.44. The van der Waals surface area contributed by atoms with E-state index in [0.29, 0.717) is 0 Å². The summed E-state index contributed by atoms with van der Waals surface area (Å²) in [4.78, 5) is 6.86. The molecule has 0 aromatic carbocycles. The maximum absolute atomic E-state index is 6.06. The molecule has 3 fully saturated rings. The van der Waals surface area contributed by atoms with E-state index >= 15 is 0 Å². The number of hydrogen-bond acceptors (Lipinski definition) is 2. The predicted molar refractivity (Wildman–Crippen MR) is 89.7 cm³/mol. The molecule has 0 spiro atoms. The van der Waals surface area contributed by atoms with Gasteiger partial charge in [0.25, 0.3) is 0 Å². The largest absolute Gasteiger partial charge is 0.370 e. The molecule has 0 aromatic rings. The highest BCUT2D eigenvalue weighted by atomic mass is 127. The standard InChI is InChI=1S/C13H23N3S.HI/c14-13(16-4-6-17-7-5-16)15-9-11-8-12(11)10-2-1-3-10;/h10-12H,1-9H2,(H2,14,15);1H/t11-,12-;/m0./s1. The first-order valence-electron chi connectivity index (χ1n) is 6.97. The maximum Gasteiger partial charge on any atom is 0.191 e. The van der Waals surface area contributed by atoms with Crippen molar-refractivity contribution in [1.82, 2.24) is 4.90 Å². The summed E-state index contributed by atoms with van der Waals surface area (Å²) in [6, 6.07) is 0. The highest BCUT2D eigenvalue weighted by molar-refractivity contribution is 14.0. The Hall–Kier alpha value is 0.350. The molecule has 2 N–H and O–H groups in total.